The first-order valence-corrected chi connectivity index (χ1v) is 6.71. The molecule has 1 aromatic rings. The maximum absolute atomic E-state index is 5.81. The lowest BCUT2D eigenvalue weighted by molar-refractivity contribution is 0.314. The summed E-state index contributed by atoms with van der Waals surface area (Å²) in [6.45, 7) is 4.25. The number of anilines is 1. The van der Waals surface area contributed by atoms with E-state index < -0.39 is 0 Å². The second-order valence-electron chi connectivity index (χ2n) is 5.39. The van der Waals surface area contributed by atoms with Gasteiger partial charge in [0.05, 0.1) is 17.6 Å². The van der Waals surface area contributed by atoms with E-state index in [1.165, 1.54) is 25.1 Å². The predicted molar refractivity (Wildman–Crippen MR) is 75.8 cm³/mol. The fourth-order valence-electron chi connectivity index (χ4n) is 2.52. The molecule has 0 aliphatic carbocycles. The number of likely N-dealkylation sites (N-methyl/N-ethyl adjacent to an activating group) is 2. The minimum Gasteiger partial charge on any atom is -0.372 e. The van der Waals surface area contributed by atoms with Crippen LogP contribution in [0.25, 0.3) is 0 Å². The Hall–Kier alpha value is -1.13. The third-order valence-electron chi connectivity index (χ3n) is 3.83. The van der Waals surface area contributed by atoms with Gasteiger partial charge in [-0.15, -0.1) is 0 Å². The average molecular weight is 248 g/mol. The molecule has 0 bridgehead atoms. The molecular formula is C14H24N4. The maximum Gasteiger partial charge on any atom is 0.0569 e. The fourth-order valence-corrected chi connectivity index (χ4v) is 2.52. The second kappa shape index (κ2) is 5.67. The highest BCUT2D eigenvalue weighted by Gasteiger charge is 2.22. The van der Waals surface area contributed by atoms with E-state index >= 15 is 0 Å². The second-order valence-corrected chi connectivity index (χ2v) is 5.39. The average Bonchev–Trinajstić information content (AvgIpc) is 2.75. The van der Waals surface area contributed by atoms with Gasteiger partial charge < -0.3 is 15.5 Å². The molecule has 0 saturated carbocycles. The summed E-state index contributed by atoms with van der Waals surface area (Å²) in [5, 5.41) is 0. The third-order valence-corrected chi connectivity index (χ3v) is 3.83. The lowest BCUT2D eigenvalue weighted by Crippen LogP contribution is -2.36. The molecule has 2 rings (SSSR count). The van der Waals surface area contributed by atoms with E-state index in [0.717, 1.165) is 12.2 Å². The van der Waals surface area contributed by atoms with E-state index in [9.17, 15) is 0 Å². The van der Waals surface area contributed by atoms with Crippen LogP contribution in [-0.4, -0.2) is 43.1 Å². The number of hydrogen-bond donors (Lipinski definition) is 1. The Labute approximate surface area is 110 Å². The smallest absolute Gasteiger partial charge is 0.0569 e. The van der Waals surface area contributed by atoms with Crippen LogP contribution in [0, 0.1) is 0 Å². The molecular weight excluding hydrogens is 224 g/mol. The van der Waals surface area contributed by atoms with E-state index in [0.29, 0.717) is 6.04 Å². The minimum atomic E-state index is 0.00493. The fraction of sp³-hybridized carbons (Fsp3) is 0.643. The molecule has 1 aromatic heterocycles. The molecule has 1 aliphatic rings. The summed E-state index contributed by atoms with van der Waals surface area (Å²) >= 11 is 0. The number of nitrogens with zero attached hydrogens (tertiary/aromatic N) is 3. The summed E-state index contributed by atoms with van der Waals surface area (Å²) < 4.78 is 0. The van der Waals surface area contributed by atoms with Gasteiger partial charge in [0.15, 0.2) is 0 Å². The van der Waals surface area contributed by atoms with Crippen LogP contribution in [0.4, 0.5) is 5.69 Å². The summed E-state index contributed by atoms with van der Waals surface area (Å²) in [4.78, 5) is 9.14. The molecule has 0 aromatic carbocycles. The molecule has 1 aliphatic heterocycles. The van der Waals surface area contributed by atoms with Gasteiger partial charge >= 0.3 is 0 Å². The number of hydrogen-bond acceptors (Lipinski definition) is 4. The summed E-state index contributed by atoms with van der Waals surface area (Å²) in [6.07, 6.45) is 4.54. The van der Waals surface area contributed by atoms with E-state index in [1.54, 1.807) is 0 Å². The van der Waals surface area contributed by atoms with Crippen LogP contribution in [0.1, 0.15) is 31.5 Å². The van der Waals surface area contributed by atoms with Gasteiger partial charge in [-0.3, -0.25) is 4.98 Å². The first-order chi connectivity index (χ1) is 8.58. The van der Waals surface area contributed by atoms with Crippen molar-refractivity contribution in [1.29, 1.82) is 0 Å². The van der Waals surface area contributed by atoms with Crippen molar-refractivity contribution in [1.82, 2.24) is 9.88 Å². The quantitative estimate of drug-likeness (QED) is 0.879. The van der Waals surface area contributed by atoms with Gasteiger partial charge in [0.25, 0.3) is 0 Å². The zero-order chi connectivity index (χ0) is 13.1. The Kier molecular flexibility index (Phi) is 4.19. The van der Waals surface area contributed by atoms with Crippen LogP contribution < -0.4 is 10.6 Å². The van der Waals surface area contributed by atoms with Crippen molar-refractivity contribution in [3.05, 3.63) is 24.0 Å². The summed E-state index contributed by atoms with van der Waals surface area (Å²) in [7, 11) is 4.34. The molecule has 2 atom stereocenters. The number of pyridine rings is 1. The van der Waals surface area contributed by atoms with Gasteiger partial charge in [-0.05, 0) is 45.5 Å². The van der Waals surface area contributed by atoms with Crippen LogP contribution in [-0.2, 0) is 0 Å². The number of rotatable bonds is 4. The Morgan fingerprint density at radius 1 is 1.56 bits per heavy atom. The monoisotopic (exact) mass is 248 g/mol. The number of aromatic nitrogens is 1. The van der Waals surface area contributed by atoms with Crippen molar-refractivity contribution in [3.63, 3.8) is 0 Å². The van der Waals surface area contributed by atoms with E-state index in [2.05, 4.69) is 34.9 Å². The molecule has 0 radical (unpaired) electrons. The van der Waals surface area contributed by atoms with Gasteiger partial charge in [-0.2, -0.15) is 0 Å². The highest BCUT2D eigenvalue weighted by molar-refractivity contribution is 5.44. The van der Waals surface area contributed by atoms with E-state index in [1.807, 2.05) is 19.2 Å². The predicted octanol–water partition coefficient (Wildman–Crippen LogP) is 1.63. The zero-order valence-corrected chi connectivity index (χ0v) is 11.6. The Bertz CT molecular complexity index is 374. The molecule has 0 amide bonds. The lowest BCUT2D eigenvalue weighted by atomic mass is 10.2. The van der Waals surface area contributed by atoms with E-state index in [-0.39, 0.29) is 6.04 Å². The third kappa shape index (κ3) is 3.00. The van der Waals surface area contributed by atoms with Gasteiger partial charge in [-0.1, -0.05) is 0 Å². The molecule has 4 heteroatoms. The number of nitrogens with two attached hydrogens (primary N) is 1. The van der Waals surface area contributed by atoms with Crippen LogP contribution in [0.5, 0.6) is 0 Å². The zero-order valence-electron chi connectivity index (χ0n) is 11.6. The Balaban J connectivity index is 1.98. The standard InChI is InChI=1S/C14H24N4/c1-11(15)14-7-6-12(9-16-14)18(3)10-13-5-4-8-17(13)2/h6-7,9,11,13H,4-5,8,10,15H2,1-3H3/t11-,13?/m0/s1. The molecule has 4 nitrogen and oxygen atoms in total. The largest absolute Gasteiger partial charge is 0.372 e. The van der Waals surface area contributed by atoms with Crippen molar-refractivity contribution in [2.75, 3.05) is 32.1 Å². The van der Waals surface area contributed by atoms with Crippen LogP contribution in [0.15, 0.2) is 18.3 Å². The maximum atomic E-state index is 5.81. The van der Waals surface area contributed by atoms with Crippen molar-refractivity contribution in [2.24, 2.45) is 5.73 Å². The Morgan fingerprint density at radius 3 is 2.83 bits per heavy atom. The Morgan fingerprint density at radius 2 is 2.33 bits per heavy atom. The highest BCUT2D eigenvalue weighted by atomic mass is 15.2. The molecule has 100 valence electrons. The molecule has 0 spiro atoms. The van der Waals surface area contributed by atoms with Gasteiger partial charge in [0.2, 0.25) is 0 Å². The van der Waals surface area contributed by atoms with Crippen molar-refractivity contribution >= 4 is 5.69 Å². The molecule has 2 N–H and O–H groups in total. The normalized spacial score (nSPS) is 22.1. The molecule has 1 fully saturated rings. The van der Waals surface area contributed by atoms with Gasteiger partial charge in [0, 0.05) is 25.7 Å². The van der Waals surface area contributed by atoms with Crippen LogP contribution in [0.3, 0.4) is 0 Å². The summed E-state index contributed by atoms with van der Waals surface area (Å²) in [5.74, 6) is 0. The number of likely N-dealkylation sites (tertiary alicyclic amines) is 1. The van der Waals surface area contributed by atoms with Gasteiger partial charge in [-0.25, -0.2) is 0 Å². The minimum absolute atomic E-state index is 0.00493. The molecule has 1 saturated heterocycles. The molecule has 18 heavy (non-hydrogen) atoms. The summed E-state index contributed by atoms with van der Waals surface area (Å²) in [5.41, 5.74) is 7.92. The first-order valence-electron chi connectivity index (χ1n) is 6.71. The molecule has 1 unspecified atom stereocenters. The lowest BCUT2D eigenvalue weighted by Gasteiger charge is -2.27. The van der Waals surface area contributed by atoms with Gasteiger partial charge in [0.1, 0.15) is 0 Å². The van der Waals surface area contributed by atoms with Crippen molar-refractivity contribution in [2.45, 2.75) is 31.8 Å². The first kappa shape index (κ1) is 13.3. The summed E-state index contributed by atoms with van der Waals surface area (Å²) in [6, 6.07) is 4.81. The topological polar surface area (TPSA) is 45.4 Å². The van der Waals surface area contributed by atoms with Crippen molar-refractivity contribution < 1.29 is 0 Å². The SMILES string of the molecule is C[C@H](N)c1ccc(N(C)CC2CCCN2C)cn1. The highest BCUT2D eigenvalue weighted by Crippen LogP contribution is 2.19. The van der Waals surface area contributed by atoms with E-state index in [4.69, 9.17) is 5.73 Å². The van der Waals surface area contributed by atoms with Crippen LogP contribution in [0.2, 0.25) is 0 Å². The molecule has 2 heterocycles. The van der Waals surface area contributed by atoms with Crippen molar-refractivity contribution in [3.8, 4) is 0 Å². The van der Waals surface area contributed by atoms with Crippen LogP contribution >= 0.6 is 0 Å².